The number of anilines is 3. The van der Waals surface area contributed by atoms with Crippen LogP contribution in [0.5, 0.6) is 0 Å². The highest BCUT2D eigenvalue weighted by Crippen LogP contribution is 2.25. The van der Waals surface area contributed by atoms with Gasteiger partial charge in [0.15, 0.2) is 23.1 Å². The number of hydrogen-bond acceptors (Lipinski definition) is 4. The van der Waals surface area contributed by atoms with Crippen LogP contribution in [-0.2, 0) is 4.79 Å². The van der Waals surface area contributed by atoms with Gasteiger partial charge in [0.2, 0.25) is 11.9 Å². The third-order valence-electron chi connectivity index (χ3n) is 4.10. The summed E-state index contributed by atoms with van der Waals surface area (Å²) in [5.74, 6) is -4.00. The second kappa shape index (κ2) is 7.27. The van der Waals surface area contributed by atoms with Crippen LogP contribution in [0.3, 0.4) is 0 Å². The number of nitrogens with zero attached hydrogens (tertiary/aromatic N) is 3. The molecule has 0 fully saturated rings. The lowest BCUT2D eigenvalue weighted by Gasteiger charge is -2.06. The van der Waals surface area contributed by atoms with Crippen LogP contribution in [0.25, 0.3) is 16.9 Å². The number of nitrogens with one attached hydrogen (secondary N) is 2. The highest BCUT2D eigenvalue weighted by molar-refractivity contribution is 5.88. The summed E-state index contributed by atoms with van der Waals surface area (Å²) in [6.07, 6.45) is 0. The number of rotatable bonds is 4. The van der Waals surface area contributed by atoms with E-state index >= 15 is 0 Å². The summed E-state index contributed by atoms with van der Waals surface area (Å²) in [5.41, 5.74) is 2.24. The Morgan fingerprint density at radius 2 is 1.62 bits per heavy atom. The molecule has 2 aromatic carbocycles. The molecule has 9 heteroatoms. The van der Waals surface area contributed by atoms with Crippen LogP contribution >= 0.6 is 0 Å². The van der Waals surface area contributed by atoms with Crippen molar-refractivity contribution < 1.29 is 18.0 Å². The monoisotopic (exact) mass is 397 g/mol. The van der Waals surface area contributed by atoms with Gasteiger partial charge in [-0.2, -0.15) is 4.98 Å². The molecule has 146 valence electrons. The molecule has 6 nitrogen and oxygen atoms in total. The summed E-state index contributed by atoms with van der Waals surface area (Å²) in [4.78, 5) is 15.4. The van der Waals surface area contributed by atoms with Gasteiger partial charge in [0.25, 0.3) is 0 Å². The van der Waals surface area contributed by atoms with Crippen molar-refractivity contribution >= 4 is 28.9 Å². The number of benzene rings is 2. The zero-order valence-electron chi connectivity index (χ0n) is 15.1. The molecule has 0 aliphatic heterocycles. The van der Waals surface area contributed by atoms with E-state index in [1.165, 1.54) is 11.4 Å². The van der Waals surface area contributed by atoms with Gasteiger partial charge in [0, 0.05) is 23.9 Å². The van der Waals surface area contributed by atoms with Crippen molar-refractivity contribution in [2.24, 2.45) is 0 Å². The molecule has 4 rings (SSSR count). The van der Waals surface area contributed by atoms with Crippen molar-refractivity contribution in [1.82, 2.24) is 14.6 Å². The Hall–Kier alpha value is -3.88. The van der Waals surface area contributed by atoms with E-state index in [9.17, 15) is 18.0 Å². The van der Waals surface area contributed by atoms with Crippen molar-refractivity contribution in [1.29, 1.82) is 0 Å². The molecule has 0 aliphatic carbocycles. The summed E-state index contributed by atoms with van der Waals surface area (Å²) in [6.45, 7) is 1.42. The number of carbonyl (C=O) groups is 1. The van der Waals surface area contributed by atoms with Crippen LogP contribution in [0.15, 0.2) is 54.6 Å². The van der Waals surface area contributed by atoms with Gasteiger partial charge in [0.1, 0.15) is 0 Å². The molecule has 29 heavy (non-hydrogen) atoms. The number of hydrogen-bond donors (Lipinski definition) is 2. The van der Waals surface area contributed by atoms with Crippen LogP contribution in [0.1, 0.15) is 6.92 Å². The van der Waals surface area contributed by atoms with Crippen LogP contribution in [0, 0.1) is 17.5 Å². The van der Waals surface area contributed by atoms with E-state index in [2.05, 4.69) is 20.7 Å². The zero-order valence-corrected chi connectivity index (χ0v) is 15.1. The molecular formula is C20H14F3N5O. The number of fused-ring (bicyclic) bond motifs is 1. The molecular weight excluding hydrogens is 383 g/mol. The third kappa shape index (κ3) is 3.75. The van der Waals surface area contributed by atoms with Crippen molar-refractivity contribution in [3.8, 4) is 11.3 Å². The molecule has 0 aliphatic rings. The highest BCUT2D eigenvalue weighted by Gasteiger charge is 2.15. The van der Waals surface area contributed by atoms with Crippen LogP contribution in [0.2, 0.25) is 0 Å². The van der Waals surface area contributed by atoms with E-state index in [1.54, 1.807) is 42.5 Å². The average molecular weight is 397 g/mol. The molecule has 2 aromatic heterocycles. The van der Waals surface area contributed by atoms with Crippen molar-refractivity contribution in [3.63, 3.8) is 0 Å². The Morgan fingerprint density at radius 3 is 2.28 bits per heavy atom. The van der Waals surface area contributed by atoms with E-state index in [4.69, 9.17) is 0 Å². The van der Waals surface area contributed by atoms with Gasteiger partial charge >= 0.3 is 0 Å². The molecule has 0 saturated heterocycles. The lowest BCUT2D eigenvalue weighted by atomic mass is 10.1. The van der Waals surface area contributed by atoms with Crippen LogP contribution in [0.4, 0.5) is 30.5 Å². The molecule has 0 unspecified atom stereocenters. The fraction of sp³-hybridized carbons (Fsp3) is 0.0500. The quantitative estimate of drug-likeness (QED) is 0.497. The van der Waals surface area contributed by atoms with Gasteiger partial charge in [-0.25, -0.2) is 17.7 Å². The standard InChI is InChI=1S/C20H14F3N5O/c1-11(29)24-13-5-7-14(8-6-13)25-20-26-18-4-2-3-17(28(18)27-20)12-9-15(21)19(23)16(22)10-12/h2-10H,1H3,(H,24,29)(H,25,27). The summed E-state index contributed by atoms with van der Waals surface area (Å²) < 4.78 is 41.9. The van der Waals surface area contributed by atoms with E-state index in [1.807, 2.05) is 0 Å². The van der Waals surface area contributed by atoms with E-state index < -0.39 is 17.5 Å². The minimum absolute atomic E-state index is 0.128. The Kier molecular flexibility index (Phi) is 4.63. The molecule has 4 aromatic rings. The normalized spacial score (nSPS) is 10.9. The SMILES string of the molecule is CC(=O)Nc1ccc(Nc2nc3cccc(-c4cc(F)c(F)c(F)c4)n3n2)cc1. The first-order chi connectivity index (χ1) is 13.9. The highest BCUT2D eigenvalue weighted by atomic mass is 19.2. The molecule has 2 heterocycles. The van der Waals surface area contributed by atoms with Gasteiger partial charge in [-0.05, 0) is 48.5 Å². The molecule has 0 spiro atoms. The second-order valence-corrected chi connectivity index (χ2v) is 6.25. The molecule has 1 amide bonds. The Bertz CT molecular complexity index is 1200. The number of pyridine rings is 1. The summed E-state index contributed by atoms with van der Waals surface area (Å²) >= 11 is 0. The number of carbonyl (C=O) groups excluding carboxylic acids is 1. The van der Waals surface area contributed by atoms with Crippen molar-refractivity contribution in [3.05, 3.63) is 72.0 Å². The van der Waals surface area contributed by atoms with Gasteiger partial charge in [0.05, 0.1) is 5.69 Å². The summed E-state index contributed by atoms with van der Waals surface area (Å²) in [5, 5.41) is 10.0. The topological polar surface area (TPSA) is 71.3 Å². The number of halogens is 3. The molecule has 0 atom stereocenters. The van der Waals surface area contributed by atoms with Gasteiger partial charge in [-0.15, -0.1) is 5.10 Å². The predicted octanol–water partition coefficient (Wildman–Crippen LogP) is 4.52. The average Bonchev–Trinajstić information content (AvgIpc) is 3.09. The molecule has 0 radical (unpaired) electrons. The van der Waals surface area contributed by atoms with Crippen LogP contribution < -0.4 is 10.6 Å². The first kappa shape index (κ1) is 18.5. The number of aromatic nitrogens is 3. The fourth-order valence-electron chi connectivity index (χ4n) is 2.85. The lowest BCUT2D eigenvalue weighted by molar-refractivity contribution is -0.114. The largest absolute Gasteiger partial charge is 0.326 e. The maximum absolute atomic E-state index is 13.6. The van der Waals surface area contributed by atoms with Crippen molar-refractivity contribution in [2.75, 3.05) is 10.6 Å². The minimum Gasteiger partial charge on any atom is -0.326 e. The first-order valence-electron chi connectivity index (χ1n) is 8.56. The maximum atomic E-state index is 13.6. The minimum atomic E-state index is -1.52. The Balaban J connectivity index is 1.67. The smallest absolute Gasteiger partial charge is 0.247 e. The Morgan fingerprint density at radius 1 is 0.966 bits per heavy atom. The maximum Gasteiger partial charge on any atom is 0.247 e. The lowest BCUT2D eigenvalue weighted by Crippen LogP contribution is -2.05. The zero-order chi connectivity index (χ0) is 20.5. The number of amides is 1. The Labute approximate surface area is 163 Å². The van der Waals surface area contributed by atoms with E-state index in [0.29, 0.717) is 22.7 Å². The van der Waals surface area contributed by atoms with Gasteiger partial charge in [-0.1, -0.05) is 6.07 Å². The molecule has 2 N–H and O–H groups in total. The fourth-order valence-corrected chi connectivity index (χ4v) is 2.85. The summed E-state index contributed by atoms with van der Waals surface area (Å²) in [7, 11) is 0. The van der Waals surface area contributed by atoms with Crippen LogP contribution in [-0.4, -0.2) is 20.5 Å². The van der Waals surface area contributed by atoms with E-state index in [-0.39, 0.29) is 17.4 Å². The van der Waals surface area contributed by atoms with Gasteiger partial charge in [-0.3, -0.25) is 4.79 Å². The molecule has 0 bridgehead atoms. The summed E-state index contributed by atoms with van der Waals surface area (Å²) in [6, 6.07) is 13.7. The molecule has 0 saturated carbocycles. The van der Waals surface area contributed by atoms with Crippen molar-refractivity contribution in [2.45, 2.75) is 6.92 Å². The first-order valence-corrected chi connectivity index (χ1v) is 8.56. The third-order valence-corrected chi connectivity index (χ3v) is 4.10. The predicted molar refractivity (Wildman–Crippen MR) is 102 cm³/mol. The second-order valence-electron chi connectivity index (χ2n) is 6.25. The van der Waals surface area contributed by atoms with E-state index in [0.717, 1.165) is 12.1 Å². The van der Waals surface area contributed by atoms with Gasteiger partial charge < -0.3 is 10.6 Å².